The van der Waals surface area contributed by atoms with E-state index in [4.69, 9.17) is 51.8 Å². The van der Waals surface area contributed by atoms with Gasteiger partial charge in [-0.05, 0) is 0 Å². The first kappa shape index (κ1) is 13.6. The zero-order chi connectivity index (χ0) is 13.3. The van der Waals surface area contributed by atoms with Crippen LogP contribution >= 0.6 is 46.4 Å². The highest BCUT2D eigenvalue weighted by Gasteiger charge is 2.19. The second-order valence-electron chi connectivity index (χ2n) is 3.44. The van der Waals surface area contributed by atoms with Gasteiger partial charge in [-0.15, -0.1) is 0 Å². The number of halogens is 4. The van der Waals surface area contributed by atoms with Gasteiger partial charge in [-0.3, -0.25) is 5.41 Å². The SMILES string of the molecule is N=C(c1ccccc1)c1c(Cl)c(Cl)nc(Cl)c1Cl. The van der Waals surface area contributed by atoms with Crippen molar-refractivity contribution in [3.63, 3.8) is 0 Å². The molecule has 0 saturated heterocycles. The van der Waals surface area contributed by atoms with Crippen LogP contribution in [0.1, 0.15) is 11.1 Å². The van der Waals surface area contributed by atoms with Crippen LogP contribution in [0.3, 0.4) is 0 Å². The number of hydrogen-bond donors (Lipinski definition) is 1. The van der Waals surface area contributed by atoms with Crippen LogP contribution in [0.15, 0.2) is 30.3 Å². The first-order valence-electron chi connectivity index (χ1n) is 4.86. The van der Waals surface area contributed by atoms with Gasteiger partial charge in [-0.1, -0.05) is 76.7 Å². The Bertz CT molecular complexity index is 585. The summed E-state index contributed by atoms with van der Waals surface area (Å²) in [4.78, 5) is 3.78. The molecule has 0 aliphatic carbocycles. The molecule has 0 saturated carbocycles. The fraction of sp³-hybridized carbons (Fsp3) is 0. The Labute approximate surface area is 124 Å². The molecule has 0 amide bonds. The van der Waals surface area contributed by atoms with Crippen LogP contribution in [0.5, 0.6) is 0 Å². The van der Waals surface area contributed by atoms with Gasteiger partial charge in [0.15, 0.2) is 0 Å². The molecular formula is C12H6Cl4N2. The van der Waals surface area contributed by atoms with E-state index in [1.54, 1.807) is 12.1 Å². The Hall–Kier alpha value is -0.800. The maximum absolute atomic E-state index is 8.13. The van der Waals surface area contributed by atoms with Crippen molar-refractivity contribution in [1.29, 1.82) is 5.41 Å². The molecule has 0 aliphatic rings. The third-order valence-corrected chi connectivity index (χ3v) is 3.79. The average Bonchev–Trinajstić information content (AvgIpc) is 2.37. The van der Waals surface area contributed by atoms with Crippen LogP contribution in [0.2, 0.25) is 20.4 Å². The summed E-state index contributed by atoms with van der Waals surface area (Å²) in [5.74, 6) is 0. The Balaban J connectivity index is 2.62. The molecule has 0 aliphatic heterocycles. The summed E-state index contributed by atoms with van der Waals surface area (Å²) in [6, 6.07) is 9.03. The molecule has 2 aromatic rings. The third kappa shape index (κ3) is 2.47. The first-order valence-corrected chi connectivity index (χ1v) is 6.38. The van der Waals surface area contributed by atoms with Crippen molar-refractivity contribution in [1.82, 2.24) is 4.98 Å². The predicted octanol–water partition coefficient (Wildman–Crippen LogP) is 5.11. The van der Waals surface area contributed by atoms with Gasteiger partial charge in [0.25, 0.3) is 0 Å². The van der Waals surface area contributed by atoms with Gasteiger partial charge in [0.05, 0.1) is 15.8 Å². The molecule has 2 rings (SSSR count). The maximum Gasteiger partial charge on any atom is 0.150 e. The molecule has 1 aromatic heterocycles. The van der Waals surface area contributed by atoms with Gasteiger partial charge >= 0.3 is 0 Å². The Kier molecular flexibility index (Phi) is 4.13. The topological polar surface area (TPSA) is 36.7 Å². The molecule has 0 atom stereocenters. The minimum absolute atomic E-state index is 0.0294. The van der Waals surface area contributed by atoms with Crippen LogP contribution in [0.4, 0.5) is 0 Å². The lowest BCUT2D eigenvalue weighted by atomic mass is 10.0. The van der Waals surface area contributed by atoms with E-state index in [9.17, 15) is 0 Å². The van der Waals surface area contributed by atoms with Crippen LogP contribution in [0, 0.1) is 5.41 Å². The molecule has 1 heterocycles. The lowest BCUT2D eigenvalue weighted by Crippen LogP contribution is -2.05. The summed E-state index contributed by atoms with van der Waals surface area (Å²) >= 11 is 23.8. The summed E-state index contributed by atoms with van der Waals surface area (Å²) in [5, 5.41) is 8.44. The van der Waals surface area contributed by atoms with Crippen LogP contribution < -0.4 is 0 Å². The second-order valence-corrected chi connectivity index (χ2v) is 4.91. The normalized spacial score (nSPS) is 10.4. The number of hydrogen-bond acceptors (Lipinski definition) is 2. The van der Waals surface area contributed by atoms with E-state index in [1.807, 2.05) is 18.2 Å². The molecule has 1 aromatic carbocycles. The number of rotatable bonds is 2. The van der Waals surface area contributed by atoms with Crippen molar-refractivity contribution in [3.8, 4) is 0 Å². The van der Waals surface area contributed by atoms with Crippen LogP contribution in [0.25, 0.3) is 0 Å². The van der Waals surface area contributed by atoms with Crippen LogP contribution in [-0.2, 0) is 0 Å². The highest BCUT2D eigenvalue weighted by molar-refractivity contribution is 6.49. The molecule has 0 fully saturated rings. The van der Waals surface area contributed by atoms with Gasteiger partial charge in [-0.25, -0.2) is 4.98 Å². The molecule has 0 unspecified atom stereocenters. The van der Waals surface area contributed by atoms with Crippen molar-refractivity contribution >= 4 is 52.1 Å². The molecule has 0 radical (unpaired) electrons. The van der Waals surface area contributed by atoms with Crippen molar-refractivity contribution < 1.29 is 0 Å². The standard InChI is InChI=1S/C12H6Cl4N2/c13-8-7(9(14)12(16)18-11(8)15)10(17)6-4-2-1-3-5-6/h1-5,17H. The molecule has 92 valence electrons. The predicted molar refractivity (Wildman–Crippen MR) is 76.6 cm³/mol. The van der Waals surface area contributed by atoms with Crippen molar-refractivity contribution in [3.05, 3.63) is 61.8 Å². The zero-order valence-corrected chi connectivity index (χ0v) is 11.9. The molecular weight excluding hydrogens is 314 g/mol. The highest BCUT2D eigenvalue weighted by Crippen LogP contribution is 2.35. The highest BCUT2D eigenvalue weighted by atomic mass is 35.5. The fourth-order valence-electron chi connectivity index (χ4n) is 1.46. The maximum atomic E-state index is 8.13. The van der Waals surface area contributed by atoms with E-state index in [0.717, 1.165) is 0 Å². The largest absolute Gasteiger partial charge is 0.300 e. The van der Waals surface area contributed by atoms with Crippen molar-refractivity contribution in [2.75, 3.05) is 0 Å². The third-order valence-electron chi connectivity index (χ3n) is 2.31. The van der Waals surface area contributed by atoms with E-state index in [2.05, 4.69) is 4.98 Å². The molecule has 2 nitrogen and oxygen atoms in total. The van der Waals surface area contributed by atoms with E-state index in [0.29, 0.717) is 5.56 Å². The quantitative estimate of drug-likeness (QED) is 0.606. The Morgan fingerprint density at radius 3 is 1.89 bits per heavy atom. The summed E-state index contributed by atoms with van der Waals surface area (Å²) < 4.78 is 0. The molecule has 1 N–H and O–H groups in total. The Morgan fingerprint density at radius 2 is 1.39 bits per heavy atom. The van der Waals surface area contributed by atoms with Crippen molar-refractivity contribution in [2.24, 2.45) is 0 Å². The van der Waals surface area contributed by atoms with E-state index in [-0.39, 0.29) is 31.6 Å². The lowest BCUT2D eigenvalue weighted by molar-refractivity contribution is 1.31. The fourth-order valence-corrected chi connectivity index (χ4v) is 2.37. The number of aromatic nitrogens is 1. The van der Waals surface area contributed by atoms with Crippen LogP contribution in [-0.4, -0.2) is 10.7 Å². The number of nitrogens with one attached hydrogen (secondary N) is 1. The summed E-state index contributed by atoms with van der Waals surface area (Å²) in [6.45, 7) is 0. The van der Waals surface area contributed by atoms with Gasteiger partial charge in [0.1, 0.15) is 10.3 Å². The summed E-state index contributed by atoms with van der Waals surface area (Å²) in [5.41, 5.74) is 1.10. The molecule has 0 bridgehead atoms. The average molecular weight is 320 g/mol. The van der Waals surface area contributed by atoms with E-state index >= 15 is 0 Å². The zero-order valence-electron chi connectivity index (χ0n) is 8.85. The Morgan fingerprint density at radius 1 is 0.889 bits per heavy atom. The smallest absolute Gasteiger partial charge is 0.150 e. The van der Waals surface area contributed by atoms with Gasteiger partial charge in [0, 0.05) is 11.1 Å². The van der Waals surface area contributed by atoms with Gasteiger partial charge in [-0.2, -0.15) is 0 Å². The molecule has 0 spiro atoms. The molecule has 18 heavy (non-hydrogen) atoms. The van der Waals surface area contributed by atoms with E-state index < -0.39 is 0 Å². The number of pyridine rings is 1. The van der Waals surface area contributed by atoms with Gasteiger partial charge in [0.2, 0.25) is 0 Å². The van der Waals surface area contributed by atoms with E-state index in [1.165, 1.54) is 0 Å². The van der Waals surface area contributed by atoms with Gasteiger partial charge < -0.3 is 0 Å². The lowest BCUT2D eigenvalue weighted by Gasteiger charge is -2.10. The number of nitrogens with zero attached hydrogens (tertiary/aromatic N) is 1. The minimum atomic E-state index is 0.0294. The summed E-state index contributed by atoms with van der Waals surface area (Å²) in [7, 11) is 0. The van der Waals surface area contributed by atoms with Crippen molar-refractivity contribution in [2.45, 2.75) is 0 Å². The monoisotopic (exact) mass is 318 g/mol. The first-order chi connectivity index (χ1) is 8.52. The molecule has 6 heteroatoms. The second kappa shape index (κ2) is 5.45. The minimum Gasteiger partial charge on any atom is -0.300 e. The number of benzene rings is 1. The summed E-state index contributed by atoms with van der Waals surface area (Å²) in [6.07, 6.45) is 0.